The molecule has 0 aliphatic rings. The monoisotopic (exact) mass is 429 g/mol. The SMILES string of the molecule is Cc1cccc(C(C)C)c1NC(=O)C(C)Sc1nnc(-c2ccccc2Cl)n1N. The van der Waals surface area contributed by atoms with E-state index in [4.69, 9.17) is 17.4 Å². The zero-order valence-corrected chi connectivity index (χ0v) is 18.4. The summed E-state index contributed by atoms with van der Waals surface area (Å²) in [4.78, 5) is 12.8. The number of thioether (sulfide) groups is 1. The number of hydrogen-bond acceptors (Lipinski definition) is 5. The molecule has 8 heteroatoms. The highest BCUT2D eigenvalue weighted by Crippen LogP contribution is 2.31. The number of nitrogens with zero attached hydrogens (tertiary/aromatic N) is 3. The lowest BCUT2D eigenvalue weighted by atomic mass is 9.98. The van der Waals surface area contributed by atoms with Crippen LogP contribution in [0.1, 0.15) is 37.8 Å². The second-order valence-corrected chi connectivity index (χ2v) is 8.81. The Hall–Kier alpha value is -2.51. The highest BCUT2D eigenvalue weighted by molar-refractivity contribution is 8.00. The molecule has 3 aromatic rings. The molecule has 3 N–H and O–H groups in total. The Morgan fingerprint density at radius 3 is 2.55 bits per heavy atom. The quantitative estimate of drug-likeness (QED) is 0.431. The average molecular weight is 430 g/mol. The van der Waals surface area contributed by atoms with Crippen molar-refractivity contribution in [1.29, 1.82) is 0 Å². The largest absolute Gasteiger partial charge is 0.335 e. The third-order valence-electron chi connectivity index (χ3n) is 4.61. The molecular formula is C21H24ClN5OS. The fourth-order valence-corrected chi connectivity index (χ4v) is 3.95. The normalized spacial score (nSPS) is 12.2. The Kier molecular flexibility index (Phi) is 6.49. The van der Waals surface area contributed by atoms with E-state index in [-0.39, 0.29) is 5.91 Å². The van der Waals surface area contributed by atoms with Crippen LogP contribution in [0, 0.1) is 6.92 Å². The number of halogens is 1. The van der Waals surface area contributed by atoms with Gasteiger partial charge in [0.05, 0.1) is 10.3 Å². The highest BCUT2D eigenvalue weighted by Gasteiger charge is 2.22. The third kappa shape index (κ3) is 4.57. The number of hydrogen-bond donors (Lipinski definition) is 2. The smallest absolute Gasteiger partial charge is 0.237 e. The first kappa shape index (κ1) is 21.2. The van der Waals surface area contributed by atoms with Gasteiger partial charge in [-0.3, -0.25) is 4.79 Å². The molecule has 29 heavy (non-hydrogen) atoms. The van der Waals surface area contributed by atoms with E-state index in [0.717, 1.165) is 16.8 Å². The van der Waals surface area contributed by atoms with Crippen LogP contribution >= 0.6 is 23.4 Å². The minimum atomic E-state index is -0.416. The molecular weight excluding hydrogens is 406 g/mol. The molecule has 0 saturated carbocycles. The number of carbonyl (C=O) groups excluding carboxylic acids is 1. The molecule has 1 atom stereocenters. The van der Waals surface area contributed by atoms with Crippen LogP contribution in [0.25, 0.3) is 11.4 Å². The molecule has 0 aliphatic carbocycles. The van der Waals surface area contributed by atoms with Gasteiger partial charge in [0.15, 0.2) is 5.82 Å². The van der Waals surface area contributed by atoms with Crippen molar-refractivity contribution in [2.45, 2.75) is 44.0 Å². The molecule has 0 radical (unpaired) electrons. The van der Waals surface area contributed by atoms with E-state index < -0.39 is 5.25 Å². The maximum atomic E-state index is 12.8. The summed E-state index contributed by atoms with van der Waals surface area (Å²) in [7, 11) is 0. The number of aryl methyl sites for hydroxylation is 1. The van der Waals surface area contributed by atoms with E-state index in [9.17, 15) is 4.79 Å². The van der Waals surface area contributed by atoms with Crippen molar-refractivity contribution in [3.8, 4) is 11.4 Å². The van der Waals surface area contributed by atoms with Crippen molar-refractivity contribution in [1.82, 2.24) is 14.9 Å². The molecule has 1 unspecified atom stereocenters. The van der Waals surface area contributed by atoms with Crippen LogP contribution in [0.5, 0.6) is 0 Å². The lowest BCUT2D eigenvalue weighted by Crippen LogP contribution is -2.25. The Balaban J connectivity index is 1.77. The lowest BCUT2D eigenvalue weighted by molar-refractivity contribution is -0.115. The fraction of sp³-hybridized carbons (Fsp3) is 0.286. The molecule has 0 aliphatic heterocycles. The second kappa shape index (κ2) is 8.88. The molecule has 152 valence electrons. The Morgan fingerprint density at radius 1 is 1.14 bits per heavy atom. The number of aromatic nitrogens is 3. The summed E-state index contributed by atoms with van der Waals surface area (Å²) in [6, 6.07) is 13.3. The van der Waals surface area contributed by atoms with Gasteiger partial charge in [-0.1, -0.05) is 67.5 Å². The molecule has 6 nitrogen and oxygen atoms in total. The molecule has 0 fully saturated rings. The summed E-state index contributed by atoms with van der Waals surface area (Å²) < 4.78 is 1.36. The second-order valence-electron chi connectivity index (χ2n) is 7.10. The Labute approximate surface area is 179 Å². The van der Waals surface area contributed by atoms with Crippen LogP contribution in [-0.2, 0) is 4.79 Å². The van der Waals surface area contributed by atoms with Crippen LogP contribution in [0.15, 0.2) is 47.6 Å². The summed E-state index contributed by atoms with van der Waals surface area (Å²) in [6.07, 6.45) is 0. The van der Waals surface area contributed by atoms with E-state index in [1.807, 2.05) is 50.2 Å². The fourth-order valence-electron chi connectivity index (χ4n) is 2.96. The van der Waals surface area contributed by atoms with E-state index in [2.05, 4.69) is 29.4 Å². The minimum absolute atomic E-state index is 0.117. The summed E-state index contributed by atoms with van der Waals surface area (Å²) in [6.45, 7) is 8.02. The van der Waals surface area contributed by atoms with Gasteiger partial charge in [-0.15, -0.1) is 10.2 Å². The van der Waals surface area contributed by atoms with Gasteiger partial charge in [-0.05, 0) is 43.0 Å². The number of carbonyl (C=O) groups is 1. The molecule has 0 saturated heterocycles. The summed E-state index contributed by atoms with van der Waals surface area (Å²) in [5, 5.41) is 11.9. The zero-order chi connectivity index (χ0) is 21.1. The van der Waals surface area contributed by atoms with Crippen LogP contribution in [0.4, 0.5) is 5.69 Å². The molecule has 2 aromatic carbocycles. The van der Waals surface area contributed by atoms with Crippen molar-refractivity contribution in [2.24, 2.45) is 0 Å². The zero-order valence-electron chi connectivity index (χ0n) is 16.8. The summed E-state index contributed by atoms with van der Waals surface area (Å²) in [5.74, 6) is 6.81. The first-order chi connectivity index (χ1) is 13.8. The van der Waals surface area contributed by atoms with Gasteiger partial charge in [0, 0.05) is 11.3 Å². The first-order valence-corrected chi connectivity index (χ1v) is 10.6. The number of nitrogens with two attached hydrogens (primary N) is 1. The predicted octanol–water partition coefficient (Wildman–Crippen LogP) is 4.86. The molecule has 0 spiro atoms. The van der Waals surface area contributed by atoms with Gasteiger partial charge in [0.25, 0.3) is 0 Å². The molecule has 1 amide bonds. The first-order valence-electron chi connectivity index (χ1n) is 9.32. The average Bonchev–Trinajstić information content (AvgIpc) is 3.03. The van der Waals surface area contributed by atoms with Gasteiger partial charge in [-0.2, -0.15) is 0 Å². The number of benzene rings is 2. The standard InChI is InChI=1S/C21H24ClN5OS/c1-12(2)15-10-7-8-13(3)18(15)24-20(28)14(4)29-21-26-25-19(27(21)23)16-9-5-6-11-17(16)22/h5-12,14H,23H2,1-4H3,(H,24,28). The summed E-state index contributed by atoms with van der Waals surface area (Å²) >= 11 is 7.48. The van der Waals surface area contributed by atoms with Crippen molar-refractivity contribution >= 4 is 35.0 Å². The maximum Gasteiger partial charge on any atom is 0.237 e. The number of nitrogens with one attached hydrogen (secondary N) is 1. The van der Waals surface area contributed by atoms with E-state index in [1.54, 1.807) is 6.07 Å². The van der Waals surface area contributed by atoms with Crippen molar-refractivity contribution in [3.05, 3.63) is 58.6 Å². The van der Waals surface area contributed by atoms with Crippen LogP contribution < -0.4 is 11.2 Å². The lowest BCUT2D eigenvalue weighted by Gasteiger charge is -2.18. The molecule has 1 heterocycles. The number of para-hydroxylation sites is 1. The Bertz CT molecular complexity index is 1030. The van der Waals surface area contributed by atoms with Gasteiger partial charge in [-0.25, -0.2) is 4.68 Å². The topological polar surface area (TPSA) is 85.8 Å². The number of nitrogen functional groups attached to an aromatic ring is 1. The van der Waals surface area contributed by atoms with Gasteiger partial charge >= 0.3 is 0 Å². The number of anilines is 1. The molecule has 1 aromatic heterocycles. The van der Waals surface area contributed by atoms with Crippen molar-refractivity contribution in [2.75, 3.05) is 11.2 Å². The number of amides is 1. The van der Waals surface area contributed by atoms with E-state index in [0.29, 0.717) is 27.5 Å². The van der Waals surface area contributed by atoms with E-state index >= 15 is 0 Å². The Morgan fingerprint density at radius 2 is 1.86 bits per heavy atom. The number of rotatable bonds is 6. The van der Waals surface area contributed by atoms with Crippen molar-refractivity contribution < 1.29 is 4.79 Å². The van der Waals surface area contributed by atoms with Crippen LogP contribution in [0.3, 0.4) is 0 Å². The molecule has 0 bridgehead atoms. The van der Waals surface area contributed by atoms with Gasteiger partial charge < -0.3 is 11.2 Å². The summed E-state index contributed by atoms with van der Waals surface area (Å²) in [5.41, 5.74) is 3.70. The highest BCUT2D eigenvalue weighted by atomic mass is 35.5. The van der Waals surface area contributed by atoms with Crippen molar-refractivity contribution in [3.63, 3.8) is 0 Å². The maximum absolute atomic E-state index is 12.8. The van der Waals surface area contributed by atoms with Crippen LogP contribution in [0.2, 0.25) is 5.02 Å². The van der Waals surface area contributed by atoms with Crippen LogP contribution in [-0.4, -0.2) is 26.0 Å². The van der Waals surface area contributed by atoms with E-state index in [1.165, 1.54) is 16.4 Å². The van der Waals surface area contributed by atoms with Gasteiger partial charge in [0.1, 0.15) is 0 Å². The van der Waals surface area contributed by atoms with Gasteiger partial charge in [0.2, 0.25) is 11.1 Å². The third-order valence-corrected chi connectivity index (χ3v) is 5.99. The molecule has 3 rings (SSSR count). The minimum Gasteiger partial charge on any atom is -0.335 e. The predicted molar refractivity (Wildman–Crippen MR) is 120 cm³/mol.